The summed E-state index contributed by atoms with van der Waals surface area (Å²) < 4.78 is 15.9. The summed E-state index contributed by atoms with van der Waals surface area (Å²) in [7, 11) is 1.65. The molecule has 0 saturated heterocycles. The minimum atomic E-state index is -0.134. The van der Waals surface area contributed by atoms with Gasteiger partial charge in [-0.2, -0.15) is 0 Å². The summed E-state index contributed by atoms with van der Waals surface area (Å²) in [6, 6.07) is 11.5. The number of aromatic nitrogens is 1. The van der Waals surface area contributed by atoms with Gasteiger partial charge in [0.2, 0.25) is 12.7 Å². The topological polar surface area (TPSA) is 72.6 Å². The third-order valence-electron chi connectivity index (χ3n) is 4.49. The Hall–Kier alpha value is -3.41. The minimum absolute atomic E-state index is 0.134. The van der Waals surface area contributed by atoms with Crippen molar-refractivity contribution in [2.75, 3.05) is 20.4 Å². The first kappa shape index (κ1) is 17.0. The van der Waals surface area contributed by atoms with Crippen LogP contribution >= 0.6 is 0 Å². The molecule has 0 unspecified atom stereocenters. The van der Waals surface area contributed by atoms with Gasteiger partial charge < -0.3 is 24.5 Å². The fourth-order valence-electron chi connectivity index (χ4n) is 3.06. The van der Waals surface area contributed by atoms with Crippen molar-refractivity contribution in [1.82, 2.24) is 10.3 Å². The van der Waals surface area contributed by atoms with Crippen molar-refractivity contribution >= 4 is 22.9 Å². The summed E-state index contributed by atoms with van der Waals surface area (Å²) >= 11 is 0. The highest BCUT2D eigenvalue weighted by Crippen LogP contribution is 2.32. The molecular weight excluding hydrogens is 344 g/mol. The molecule has 2 heterocycles. The minimum Gasteiger partial charge on any atom is -0.497 e. The van der Waals surface area contributed by atoms with Crippen molar-refractivity contribution in [2.45, 2.75) is 6.42 Å². The summed E-state index contributed by atoms with van der Waals surface area (Å²) in [6.45, 7) is 0.789. The van der Waals surface area contributed by atoms with Crippen LogP contribution < -0.4 is 19.5 Å². The number of carbonyl (C=O) groups is 1. The van der Waals surface area contributed by atoms with Gasteiger partial charge in [0.15, 0.2) is 11.5 Å². The predicted octanol–water partition coefficient (Wildman–Crippen LogP) is 3.28. The number of fused-ring (bicyclic) bond motifs is 2. The Kier molecular flexibility index (Phi) is 4.70. The predicted molar refractivity (Wildman–Crippen MR) is 103 cm³/mol. The normalized spacial score (nSPS) is 12.6. The molecule has 2 N–H and O–H groups in total. The van der Waals surface area contributed by atoms with E-state index in [9.17, 15) is 4.79 Å². The average Bonchev–Trinajstić information content (AvgIpc) is 3.32. The summed E-state index contributed by atoms with van der Waals surface area (Å²) in [5.74, 6) is 2.11. The first-order chi connectivity index (χ1) is 13.2. The van der Waals surface area contributed by atoms with Crippen LogP contribution in [0.1, 0.15) is 11.1 Å². The SMILES string of the molecule is COc1ccc2[nH]cc(CCNC(=O)/C=C/c3ccc4c(c3)OCO4)c2c1. The second-order valence-corrected chi connectivity index (χ2v) is 6.21. The number of methoxy groups -OCH3 is 1. The maximum atomic E-state index is 12.1. The molecule has 3 aromatic rings. The van der Waals surface area contributed by atoms with Gasteiger partial charge in [0.05, 0.1) is 7.11 Å². The van der Waals surface area contributed by atoms with Crippen LogP contribution in [0.5, 0.6) is 17.2 Å². The molecule has 1 aliphatic heterocycles. The van der Waals surface area contributed by atoms with Gasteiger partial charge in [0.1, 0.15) is 5.75 Å². The highest BCUT2D eigenvalue weighted by Gasteiger charge is 2.12. The number of hydrogen-bond donors (Lipinski definition) is 2. The lowest BCUT2D eigenvalue weighted by atomic mass is 10.1. The van der Waals surface area contributed by atoms with Crippen LogP contribution in [0.15, 0.2) is 48.7 Å². The third-order valence-corrected chi connectivity index (χ3v) is 4.49. The van der Waals surface area contributed by atoms with Crippen molar-refractivity contribution in [3.8, 4) is 17.2 Å². The van der Waals surface area contributed by atoms with Gasteiger partial charge in [0.25, 0.3) is 0 Å². The number of aromatic amines is 1. The molecule has 0 saturated carbocycles. The van der Waals surface area contributed by atoms with E-state index in [0.29, 0.717) is 12.3 Å². The zero-order valence-electron chi connectivity index (χ0n) is 15.0. The molecule has 2 aromatic carbocycles. The quantitative estimate of drug-likeness (QED) is 0.659. The van der Waals surface area contributed by atoms with E-state index in [1.807, 2.05) is 42.6 Å². The third kappa shape index (κ3) is 3.74. The van der Waals surface area contributed by atoms with Gasteiger partial charge in [0, 0.05) is 29.7 Å². The molecule has 1 aromatic heterocycles. The van der Waals surface area contributed by atoms with E-state index < -0.39 is 0 Å². The molecule has 6 heteroatoms. The molecule has 0 radical (unpaired) electrons. The Balaban J connectivity index is 1.33. The number of H-pyrrole nitrogens is 1. The number of amides is 1. The van der Waals surface area contributed by atoms with Crippen LogP contribution in [-0.2, 0) is 11.2 Å². The summed E-state index contributed by atoms with van der Waals surface area (Å²) in [4.78, 5) is 15.3. The number of ether oxygens (including phenoxy) is 3. The van der Waals surface area contributed by atoms with Crippen molar-refractivity contribution in [2.24, 2.45) is 0 Å². The number of benzene rings is 2. The molecule has 0 fully saturated rings. The maximum absolute atomic E-state index is 12.1. The number of nitrogens with one attached hydrogen (secondary N) is 2. The van der Waals surface area contributed by atoms with Gasteiger partial charge in [-0.25, -0.2) is 0 Å². The van der Waals surface area contributed by atoms with Gasteiger partial charge in [-0.1, -0.05) is 6.07 Å². The number of carbonyl (C=O) groups excluding carboxylic acids is 1. The van der Waals surface area contributed by atoms with E-state index in [2.05, 4.69) is 10.3 Å². The first-order valence-electron chi connectivity index (χ1n) is 8.72. The van der Waals surface area contributed by atoms with Crippen molar-refractivity contribution in [3.63, 3.8) is 0 Å². The van der Waals surface area contributed by atoms with Gasteiger partial charge in [-0.3, -0.25) is 4.79 Å². The van der Waals surface area contributed by atoms with Crippen molar-refractivity contribution < 1.29 is 19.0 Å². The lowest BCUT2D eigenvalue weighted by Gasteiger charge is -2.03. The number of hydrogen-bond acceptors (Lipinski definition) is 4. The molecule has 1 amide bonds. The van der Waals surface area contributed by atoms with Crippen LogP contribution in [0.3, 0.4) is 0 Å². The van der Waals surface area contributed by atoms with Crippen LogP contribution in [0.4, 0.5) is 0 Å². The van der Waals surface area contributed by atoms with Crippen molar-refractivity contribution in [1.29, 1.82) is 0 Å². The Morgan fingerprint density at radius 3 is 3.00 bits per heavy atom. The molecule has 6 nitrogen and oxygen atoms in total. The average molecular weight is 364 g/mol. The molecule has 4 rings (SSSR count). The van der Waals surface area contributed by atoms with E-state index in [4.69, 9.17) is 14.2 Å². The summed E-state index contributed by atoms with van der Waals surface area (Å²) in [5.41, 5.74) is 3.09. The van der Waals surface area contributed by atoms with E-state index >= 15 is 0 Å². The van der Waals surface area contributed by atoms with E-state index in [0.717, 1.165) is 39.9 Å². The summed E-state index contributed by atoms with van der Waals surface area (Å²) in [5, 5.41) is 4.02. The molecular formula is C21H20N2O4. The smallest absolute Gasteiger partial charge is 0.244 e. The van der Waals surface area contributed by atoms with Crippen LogP contribution in [0.25, 0.3) is 17.0 Å². The highest BCUT2D eigenvalue weighted by molar-refractivity contribution is 5.92. The van der Waals surface area contributed by atoms with Gasteiger partial charge >= 0.3 is 0 Å². The molecule has 0 atom stereocenters. The fraction of sp³-hybridized carbons (Fsp3) is 0.190. The highest BCUT2D eigenvalue weighted by atomic mass is 16.7. The standard InChI is InChI=1S/C21H20N2O4/c1-25-16-4-5-18-17(11-16)15(12-23-18)8-9-22-21(24)7-3-14-2-6-19-20(10-14)27-13-26-19/h2-7,10-12,23H,8-9,13H2,1H3,(H,22,24)/b7-3+. The van der Waals surface area contributed by atoms with E-state index in [1.54, 1.807) is 13.2 Å². The van der Waals surface area contributed by atoms with Crippen molar-refractivity contribution in [3.05, 3.63) is 59.8 Å². The molecule has 0 aliphatic carbocycles. The fourth-order valence-corrected chi connectivity index (χ4v) is 3.06. The molecule has 0 spiro atoms. The number of rotatable bonds is 6. The Labute approximate surface area is 156 Å². The lowest BCUT2D eigenvalue weighted by molar-refractivity contribution is -0.116. The molecule has 138 valence electrons. The van der Waals surface area contributed by atoms with Gasteiger partial charge in [-0.15, -0.1) is 0 Å². The largest absolute Gasteiger partial charge is 0.497 e. The first-order valence-corrected chi connectivity index (χ1v) is 8.72. The maximum Gasteiger partial charge on any atom is 0.244 e. The summed E-state index contributed by atoms with van der Waals surface area (Å²) in [6.07, 6.45) is 5.99. The second-order valence-electron chi connectivity index (χ2n) is 6.21. The monoisotopic (exact) mass is 364 g/mol. The second kappa shape index (κ2) is 7.45. The Morgan fingerprint density at radius 1 is 1.22 bits per heavy atom. The Bertz CT molecular complexity index is 1010. The van der Waals surface area contributed by atoms with E-state index in [1.165, 1.54) is 6.08 Å². The van der Waals surface area contributed by atoms with E-state index in [-0.39, 0.29) is 12.7 Å². The molecule has 1 aliphatic rings. The Morgan fingerprint density at radius 2 is 2.11 bits per heavy atom. The molecule has 27 heavy (non-hydrogen) atoms. The zero-order chi connectivity index (χ0) is 18.6. The van der Waals surface area contributed by atoms with Gasteiger partial charge in [-0.05, 0) is 54.0 Å². The molecule has 0 bridgehead atoms. The van der Waals surface area contributed by atoms with Crippen LogP contribution in [-0.4, -0.2) is 31.3 Å². The zero-order valence-corrected chi connectivity index (χ0v) is 15.0. The lowest BCUT2D eigenvalue weighted by Crippen LogP contribution is -2.23. The van der Waals surface area contributed by atoms with Crippen LogP contribution in [0, 0.1) is 0 Å². The van der Waals surface area contributed by atoms with Crippen LogP contribution in [0.2, 0.25) is 0 Å².